The maximum Gasteiger partial charge on any atom is 0.472 e. The van der Waals surface area contributed by atoms with Crippen LogP contribution in [0.15, 0.2) is 134 Å². The molecule has 0 saturated heterocycles. The minimum absolute atomic E-state index is 0.0349. The minimum Gasteiger partial charge on any atom is -0.462 e. The Kier molecular flexibility index (Phi) is 74.8. The quantitative estimate of drug-likeness (QED) is 0.0169. The molecule has 17 nitrogen and oxygen atoms in total. The summed E-state index contributed by atoms with van der Waals surface area (Å²) >= 11 is 0. The van der Waals surface area contributed by atoms with E-state index in [0.29, 0.717) is 32.1 Å². The van der Waals surface area contributed by atoms with Crippen molar-refractivity contribution in [2.75, 3.05) is 39.6 Å². The largest absolute Gasteiger partial charge is 0.472 e. The second kappa shape index (κ2) is 78.3. The number of carbonyl (C=O) groups excluding carboxylic acids is 4. The molecule has 0 radical (unpaired) electrons. The number of phosphoric acid groups is 2. The van der Waals surface area contributed by atoms with Gasteiger partial charge in [-0.15, -0.1) is 0 Å². The first-order valence-electron chi connectivity index (χ1n) is 41.4. The number of phosphoric ester groups is 2. The van der Waals surface area contributed by atoms with Crippen LogP contribution in [0.3, 0.4) is 0 Å². The number of rotatable bonds is 77. The maximum absolute atomic E-state index is 13.1. The van der Waals surface area contributed by atoms with Crippen LogP contribution >= 0.6 is 15.6 Å². The third-order valence-corrected chi connectivity index (χ3v) is 19.0. The number of unbranched alkanes of at least 4 members (excludes halogenated alkanes) is 29. The summed E-state index contributed by atoms with van der Waals surface area (Å²) < 4.78 is 68.6. The molecule has 0 amide bonds. The minimum atomic E-state index is -5.00. The first-order valence-corrected chi connectivity index (χ1v) is 44.4. The van der Waals surface area contributed by atoms with Crippen molar-refractivity contribution < 1.29 is 80.2 Å². The molecule has 0 fully saturated rings. The van der Waals surface area contributed by atoms with Gasteiger partial charge in [0, 0.05) is 25.7 Å². The average molecular weight is 1530 g/mol. The normalized spacial score (nSPS) is 14.5. The Labute approximate surface area is 644 Å². The summed E-state index contributed by atoms with van der Waals surface area (Å²) in [5.74, 6) is -2.30. The van der Waals surface area contributed by atoms with Crippen molar-refractivity contribution >= 4 is 39.5 Å². The zero-order chi connectivity index (χ0) is 77.4. The van der Waals surface area contributed by atoms with Crippen LogP contribution < -0.4 is 0 Å². The van der Waals surface area contributed by atoms with Gasteiger partial charge < -0.3 is 33.8 Å². The molecule has 3 N–H and O–H groups in total. The van der Waals surface area contributed by atoms with Gasteiger partial charge in [0.15, 0.2) is 12.2 Å². The molecule has 0 aromatic carbocycles. The molecule has 5 atom stereocenters. The summed E-state index contributed by atoms with van der Waals surface area (Å²) in [7, 11) is -9.99. The summed E-state index contributed by atoms with van der Waals surface area (Å²) in [5.41, 5.74) is 0. The van der Waals surface area contributed by atoms with Crippen molar-refractivity contribution in [1.82, 2.24) is 0 Å². The van der Waals surface area contributed by atoms with Gasteiger partial charge in [-0.2, -0.15) is 0 Å². The zero-order valence-electron chi connectivity index (χ0n) is 66.6. The lowest BCUT2D eigenvalue weighted by atomic mass is 10.0. The van der Waals surface area contributed by atoms with Crippen LogP contribution in [-0.4, -0.2) is 96.7 Å². The first-order chi connectivity index (χ1) is 51.7. The molecule has 0 heterocycles. The second-order valence-corrected chi connectivity index (χ2v) is 30.2. The molecule has 0 aromatic heterocycles. The van der Waals surface area contributed by atoms with Crippen molar-refractivity contribution in [2.45, 2.75) is 354 Å². The maximum atomic E-state index is 13.1. The van der Waals surface area contributed by atoms with Gasteiger partial charge in [0.2, 0.25) is 0 Å². The lowest BCUT2D eigenvalue weighted by Gasteiger charge is -2.21. The number of ether oxygens (including phenoxy) is 4. The van der Waals surface area contributed by atoms with Gasteiger partial charge in [0.1, 0.15) is 19.3 Å². The molecule has 0 saturated carbocycles. The predicted octanol–water partition coefficient (Wildman–Crippen LogP) is 24.4. The molecule has 0 rings (SSSR count). The monoisotopic (exact) mass is 1530 g/mol. The highest BCUT2D eigenvalue weighted by Gasteiger charge is 2.30. The Hall–Kier alpha value is -4.80. The highest BCUT2D eigenvalue weighted by molar-refractivity contribution is 7.47. The van der Waals surface area contributed by atoms with Crippen molar-refractivity contribution in [3.05, 3.63) is 134 Å². The molecule has 0 bridgehead atoms. The molecule has 0 spiro atoms. The van der Waals surface area contributed by atoms with E-state index in [1.165, 1.54) is 103 Å². The fraction of sp³-hybridized carbons (Fsp3) is 0.701. The third-order valence-electron chi connectivity index (χ3n) is 17.1. The van der Waals surface area contributed by atoms with Gasteiger partial charge in [-0.25, -0.2) is 9.13 Å². The van der Waals surface area contributed by atoms with Gasteiger partial charge in [-0.1, -0.05) is 309 Å². The van der Waals surface area contributed by atoms with E-state index in [4.69, 9.17) is 37.0 Å². The van der Waals surface area contributed by atoms with Crippen molar-refractivity contribution in [3.63, 3.8) is 0 Å². The predicted molar refractivity (Wildman–Crippen MR) is 436 cm³/mol. The summed E-state index contributed by atoms with van der Waals surface area (Å²) in [6, 6.07) is 0. The molecule has 0 aliphatic heterocycles. The molecule has 0 aromatic rings. The highest BCUT2D eigenvalue weighted by atomic mass is 31.2. The fourth-order valence-electron chi connectivity index (χ4n) is 10.8. The second-order valence-electron chi connectivity index (χ2n) is 27.3. The smallest absolute Gasteiger partial charge is 0.462 e. The van der Waals surface area contributed by atoms with E-state index < -0.39 is 97.5 Å². The van der Waals surface area contributed by atoms with Crippen LogP contribution in [0.25, 0.3) is 0 Å². The molecule has 0 aliphatic rings. The Bertz CT molecular complexity index is 2530. The number of allylic oxidation sites excluding steroid dienone is 22. The lowest BCUT2D eigenvalue weighted by molar-refractivity contribution is -0.161. The van der Waals surface area contributed by atoms with Crippen molar-refractivity contribution in [1.29, 1.82) is 0 Å². The van der Waals surface area contributed by atoms with Gasteiger partial charge in [0.25, 0.3) is 0 Å². The Balaban J connectivity index is 5.45. The van der Waals surface area contributed by atoms with Gasteiger partial charge in [-0.3, -0.25) is 37.3 Å². The molecule has 608 valence electrons. The van der Waals surface area contributed by atoms with E-state index in [1.807, 2.05) is 12.2 Å². The summed E-state index contributed by atoms with van der Waals surface area (Å²) in [6.45, 7) is 4.62. The van der Waals surface area contributed by atoms with Crippen LogP contribution in [0.5, 0.6) is 0 Å². The van der Waals surface area contributed by atoms with Gasteiger partial charge >= 0.3 is 39.5 Å². The summed E-state index contributed by atoms with van der Waals surface area (Å²) in [6.07, 6.45) is 88.6. The van der Waals surface area contributed by atoms with E-state index in [9.17, 15) is 43.2 Å². The molecular weight excluding hydrogens is 1380 g/mol. The van der Waals surface area contributed by atoms with Crippen LogP contribution in [0.1, 0.15) is 336 Å². The molecule has 0 aliphatic carbocycles. The van der Waals surface area contributed by atoms with E-state index >= 15 is 0 Å². The van der Waals surface area contributed by atoms with Crippen LogP contribution in [0.2, 0.25) is 0 Å². The third kappa shape index (κ3) is 77.4. The zero-order valence-corrected chi connectivity index (χ0v) is 68.4. The Morgan fingerprint density at radius 1 is 0.274 bits per heavy atom. The topological polar surface area (TPSA) is 237 Å². The lowest BCUT2D eigenvalue weighted by Crippen LogP contribution is -2.30. The Morgan fingerprint density at radius 3 is 0.858 bits per heavy atom. The number of aliphatic hydroxyl groups is 1. The van der Waals surface area contributed by atoms with Crippen molar-refractivity contribution in [2.24, 2.45) is 0 Å². The number of aliphatic hydroxyl groups excluding tert-OH is 1. The summed E-state index contributed by atoms with van der Waals surface area (Å²) in [5, 5.41) is 10.7. The first kappa shape index (κ1) is 101. The van der Waals surface area contributed by atoms with E-state index in [2.05, 4.69) is 149 Å². The van der Waals surface area contributed by atoms with Crippen LogP contribution in [-0.2, 0) is 65.4 Å². The van der Waals surface area contributed by atoms with Gasteiger partial charge in [0.05, 0.1) is 26.4 Å². The average Bonchev–Trinajstić information content (AvgIpc) is 0.911. The number of hydrogen-bond acceptors (Lipinski definition) is 15. The molecule has 19 heteroatoms. The fourth-order valence-corrected chi connectivity index (χ4v) is 12.4. The van der Waals surface area contributed by atoms with Crippen LogP contribution in [0.4, 0.5) is 0 Å². The van der Waals surface area contributed by atoms with Crippen LogP contribution in [0, 0.1) is 0 Å². The summed E-state index contributed by atoms with van der Waals surface area (Å²) in [4.78, 5) is 73.1. The van der Waals surface area contributed by atoms with Crippen molar-refractivity contribution in [3.8, 4) is 0 Å². The standard InChI is InChI=1S/C87H148O17P2/c1-5-9-13-17-21-25-29-33-36-38-40-42-45-48-52-56-60-64-68-72-85(90)98-78-83(103-86(91)73-69-65-61-57-53-49-44-35-31-27-23-19-15-11-7-3)80-102-106(95,96)100-76-81(88)75-99-105(93,94)101-79-82(77-97-84(89)71-67-63-59-55-51-47-32-28-24-20-16-12-8-4)104-87(92)74-70-66-62-58-54-50-46-43-41-39-37-34-30-26-22-18-14-10-6-2/h10,14,21-22,25-27,31,33-34,36-37,40-43,48,50,52,54,60,64,81-83,88H,5-9,11-13,15-20,23-24,28-30,32,35,38-39,44-47,49,51,53,55-59,61-63,65-80H2,1-4H3,(H,93,94)(H,95,96)/b14-10-,25-21-,26-22-,31-27-,36-33-,37-34-,42-40-,43-41-,52-48-,54-50-,64-60-/t81-,82+,83+/m0/s1. The van der Waals surface area contributed by atoms with E-state index in [-0.39, 0.29) is 25.7 Å². The number of carbonyl (C=O) groups is 4. The van der Waals surface area contributed by atoms with Gasteiger partial charge in [-0.05, 0) is 135 Å². The SMILES string of the molecule is CC/C=C\C/C=C\C/C=C\C/C=C\C/C=C\CCCCCC(=O)O[C@H](COC(=O)CCCCCCCCCCCCCCC)COP(=O)(O)OC[C@H](O)COP(=O)(O)OC[C@@H](COC(=O)CC/C=C\C/C=C\C/C=C\C/C=C\C/C=C\CCCCC)OC(=O)CCCCCCCCC/C=C\CCCCCC. The molecule has 2 unspecified atom stereocenters. The number of esters is 4. The number of hydrogen-bond donors (Lipinski definition) is 3. The highest BCUT2D eigenvalue weighted by Crippen LogP contribution is 2.45. The van der Waals surface area contributed by atoms with E-state index in [0.717, 1.165) is 148 Å². The Morgan fingerprint density at radius 2 is 0.509 bits per heavy atom. The molecule has 106 heavy (non-hydrogen) atoms. The molecular formula is C87H148O17P2. The van der Waals surface area contributed by atoms with E-state index in [1.54, 1.807) is 0 Å².